The van der Waals surface area contributed by atoms with Crippen LogP contribution in [0.5, 0.6) is 11.5 Å². The first kappa shape index (κ1) is 18.0. The van der Waals surface area contributed by atoms with Gasteiger partial charge in [-0.25, -0.2) is 9.97 Å². The third-order valence-corrected chi connectivity index (χ3v) is 4.42. The van der Waals surface area contributed by atoms with Crippen LogP contribution in [-0.4, -0.2) is 36.1 Å². The van der Waals surface area contributed by atoms with Crippen LogP contribution in [0, 0.1) is 6.92 Å². The summed E-state index contributed by atoms with van der Waals surface area (Å²) in [6.07, 6.45) is 4.40. The Morgan fingerprint density at radius 1 is 1.08 bits per heavy atom. The Kier molecular flexibility index (Phi) is 5.55. The second kappa shape index (κ2) is 8.03. The van der Waals surface area contributed by atoms with Gasteiger partial charge in [0, 0.05) is 23.5 Å². The van der Waals surface area contributed by atoms with E-state index in [1.165, 1.54) is 12.8 Å². The fourth-order valence-corrected chi connectivity index (χ4v) is 3.11. The van der Waals surface area contributed by atoms with E-state index in [4.69, 9.17) is 9.47 Å². The molecule has 7 heteroatoms. The number of nitrogens with one attached hydrogen (secondary N) is 2. The van der Waals surface area contributed by atoms with Crippen molar-refractivity contribution in [2.45, 2.75) is 38.6 Å². The number of methoxy groups -OCH3 is 2. The van der Waals surface area contributed by atoms with Gasteiger partial charge in [0.05, 0.1) is 14.2 Å². The molecule has 138 valence electrons. The van der Waals surface area contributed by atoms with E-state index in [1.807, 2.05) is 13.0 Å². The third kappa shape index (κ3) is 4.22. The van der Waals surface area contributed by atoms with Crippen LogP contribution in [0.15, 0.2) is 24.3 Å². The molecule has 1 aliphatic rings. The van der Waals surface area contributed by atoms with Gasteiger partial charge in [0.2, 0.25) is 5.95 Å². The number of hydrogen-bond acceptors (Lipinski definition) is 6. The Labute approximate surface area is 153 Å². The smallest absolute Gasteiger partial charge is 0.270 e. The topological polar surface area (TPSA) is 85.4 Å². The number of carbonyl (C=O) groups is 1. The van der Waals surface area contributed by atoms with Gasteiger partial charge >= 0.3 is 0 Å². The van der Waals surface area contributed by atoms with Crippen molar-refractivity contribution in [3.05, 3.63) is 35.7 Å². The molecule has 3 rings (SSSR count). The molecule has 7 nitrogen and oxygen atoms in total. The van der Waals surface area contributed by atoms with Crippen LogP contribution in [0.4, 0.5) is 11.6 Å². The zero-order chi connectivity index (χ0) is 18.5. The average molecular weight is 356 g/mol. The van der Waals surface area contributed by atoms with Gasteiger partial charge in [-0.3, -0.25) is 4.79 Å². The van der Waals surface area contributed by atoms with Crippen molar-refractivity contribution in [2.24, 2.45) is 0 Å². The number of hydrogen-bond donors (Lipinski definition) is 2. The van der Waals surface area contributed by atoms with E-state index >= 15 is 0 Å². The molecule has 0 bridgehead atoms. The highest BCUT2D eigenvalue weighted by molar-refractivity contribution is 5.93. The Hall–Kier alpha value is -2.83. The van der Waals surface area contributed by atoms with Crippen molar-refractivity contribution >= 4 is 17.5 Å². The van der Waals surface area contributed by atoms with E-state index in [-0.39, 0.29) is 11.9 Å². The summed E-state index contributed by atoms with van der Waals surface area (Å²) in [5, 5.41) is 6.18. The number of nitrogens with zero attached hydrogens (tertiary/aromatic N) is 2. The van der Waals surface area contributed by atoms with Crippen molar-refractivity contribution < 1.29 is 14.3 Å². The first-order chi connectivity index (χ1) is 12.6. The monoisotopic (exact) mass is 356 g/mol. The molecule has 0 spiro atoms. The summed E-state index contributed by atoms with van der Waals surface area (Å²) in [4.78, 5) is 21.2. The van der Waals surface area contributed by atoms with Crippen LogP contribution in [0.25, 0.3) is 0 Å². The predicted molar refractivity (Wildman–Crippen MR) is 99.3 cm³/mol. The van der Waals surface area contributed by atoms with Gasteiger partial charge in [0.25, 0.3) is 5.91 Å². The van der Waals surface area contributed by atoms with E-state index < -0.39 is 0 Å². The molecule has 1 aromatic carbocycles. The van der Waals surface area contributed by atoms with Gasteiger partial charge < -0.3 is 20.1 Å². The molecule has 0 atom stereocenters. The van der Waals surface area contributed by atoms with Crippen LogP contribution in [0.2, 0.25) is 0 Å². The molecule has 26 heavy (non-hydrogen) atoms. The van der Waals surface area contributed by atoms with E-state index in [0.29, 0.717) is 23.1 Å². The van der Waals surface area contributed by atoms with Gasteiger partial charge in [-0.15, -0.1) is 0 Å². The molecule has 0 saturated heterocycles. The number of amides is 1. The fourth-order valence-electron chi connectivity index (χ4n) is 3.11. The zero-order valence-electron chi connectivity index (χ0n) is 15.3. The molecule has 1 aromatic heterocycles. The number of carbonyl (C=O) groups excluding carboxylic acids is 1. The molecule has 1 amide bonds. The molecule has 1 aliphatic carbocycles. The lowest BCUT2D eigenvalue weighted by Crippen LogP contribution is -2.33. The number of rotatable bonds is 6. The number of aromatic nitrogens is 2. The van der Waals surface area contributed by atoms with Crippen LogP contribution >= 0.6 is 0 Å². The van der Waals surface area contributed by atoms with Gasteiger partial charge in [-0.05, 0) is 38.0 Å². The average Bonchev–Trinajstić information content (AvgIpc) is 3.14. The van der Waals surface area contributed by atoms with Crippen molar-refractivity contribution in [1.82, 2.24) is 15.3 Å². The fraction of sp³-hybridized carbons (Fsp3) is 0.421. The van der Waals surface area contributed by atoms with Crippen molar-refractivity contribution in [3.8, 4) is 11.5 Å². The second-order valence-corrected chi connectivity index (χ2v) is 6.37. The lowest BCUT2D eigenvalue weighted by molar-refractivity contribution is 0.0932. The third-order valence-electron chi connectivity index (χ3n) is 4.42. The number of aryl methyl sites for hydroxylation is 1. The molecule has 0 radical (unpaired) electrons. The number of benzene rings is 1. The van der Waals surface area contributed by atoms with E-state index in [0.717, 1.165) is 24.2 Å². The minimum atomic E-state index is -0.155. The van der Waals surface area contributed by atoms with Crippen molar-refractivity contribution in [3.63, 3.8) is 0 Å². The van der Waals surface area contributed by atoms with Crippen LogP contribution in [0.1, 0.15) is 41.9 Å². The SMILES string of the molecule is COc1ccc(Nc2nc(C)cc(C(=O)NC3CCCC3)n2)cc1OC. The Balaban J connectivity index is 1.78. The van der Waals surface area contributed by atoms with Crippen LogP contribution in [-0.2, 0) is 0 Å². The summed E-state index contributed by atoms with van der Waals surface area (Å²) in [6, 6.07) is 7.38. The highest BCUT2D eigenvalue weighted by Gasteiger charge is 2.19. The Morgan fingerprint density at radius 2 is 1.81 bits per heavy atom. The number of ether oxygens (including phenoxy) is 2. The van der Waals surface area contributed by atoms with Crippen LogP contribution < -0.4 is 20.1 Å². The second-order valence-electron chi connectivity index (χ2n) is 6.37. The first-order valence-electron chi connectivity index (χ1n) is 8.74. The number of anilines is 2. The predicted octanol–water partition coefficient (Wildman–Crippen LogP) is 3.22. The summed E-state index contributed by atoms with van der Waals surface area (Å²) in [5.74, 6) is 1.45. The van der Waals surface area contributed by atoms with E-state index in [9.17, 15) is 4.79 Å². The van der Waals surface area contributed by atoms with Gasteiger partial charge in [0.1, 0.15) is 5.69 Å². The summed E-state index contributed by atoms with van der Waals surface area (Å²) in [6.45, 7) is 1.84. The van der Waals surface area contributed by atoms with Crippen LogP contribution in [0.3, 0.4) is 0 Å². The largest absolute Gasteiger partial charge is 0.493 e. The summed E-state index contributed by atoms with van der Waals surface area (Å²) in [5.41, 5.74) is 1.84. The highest BCUT2D eigenvalue weighted by atomic mass is 16.5. The molecule has 2 aromatic rings. The quantitative estimate of drug-likeness (QED) is 0.827. The molecule has 1 fully saturated rings. The molecular weight excluding hydrogens is 332 g/mol. The molecular formula is C19H24N4O3. The van der Waals surface area contributed by atoms with Gasteiger partial charge in [-0.1, -0.05) is 12.8 Å². The van der Waals surface area contributed by atoms with Crippen molar-refractivity contribution in [1.29, 1.82) is 0 Å². The molecule has 0 aliphatic heterocycles. The Bertz CT molecular complexity index is 788. The zero-order valence-corrected chi connectivity index (χ0v) is 15.3. The summed E-state index contributed by atoms with van der Waals surface area (Å²) >= 11 is 0. The highest BCUT2D eigenvalue weighted by Crippen LogP contribution is 2.30. The molecule has 2 N–H and O–H groups in total. The summed E-state index contributed by atoms with van der Waals surface area (Å²) < 4.78 is 10.5. The van der Waals surface area contributed by atoms with Gasteiger partial charge in [-0.2, -0.15) is 0 Å². The molecule has 0 unspecified atom stereocenters. The minimum absolute atomic E-state index is 0.155. The maximum absolute atomic E-state index is 12.5. The maximum Gasteiger partial charge on any atom is 0.270 e. The van der Waals surface area contributed by atoms with E-state index in [1.54, 1.807) is 32.4 Å². The minimum Gasteiger partial charge on any atom is -0.493 e. The lowest BCUT2D eigenvalue weighted by Gasteiger charge is -2.13. The first-order valence-corrected chi connectivity index (χ1v) is 8.74. The molecule has 1 saturated carbocycles. The normalized spacial score (nSPS) is 14.1. The van der Waals surface area contributed by atoms with E-state index in [2.05, 4.69) is 20.6 Å². The van der Waals surface area contributed by atoms with Crippen molar-refractivity contribution in [2.75, 3.05) is 19.5 Å². The maximum atomic E-state index is 12.5. The standard InChI is InChI=1S/C19H24N4O3/c1-12-10-15(18(24)21-13-6-4-5-7-13)23-19(20-12)22-14-8-9-16(25-2)17(11-14)26-3/h8-11,13H,4-7H2,1-3H3,(H,21,24)(H,20,22,23). The molecule has 1 heterocycles. The lowest BCUT2D eigenvalue weighted by atomic mass is 10.2. The summed E-state index contributed by atoms with van der Waals surface area (Å²) in [7, 11) is 3.17. The Morgan fingerprint density at radius 3 is 2.50 bits per heavy atom. The van der Waals surface area contributed by atoms with Gasteiger partial charge in [0.15, 0.2) is 11.5 Å².